The van der Waals surface area contributed by atoms with Crippen LogP contribution in [0.15, 0.2) is 42.5 Å². The fourth-order valence-electron chi connectivity index (χ4n) is 3.23. The number of piperidine rings is 1. The molecule has 1 aliphatic heterocycles. The molecule has 1 saturated heterocycles. The van der Waals surface area contributed by atoms with Crippen LogP contribution in [-0.4, -0.2) is 28.8 Å². The van der Waals surface area contributed by atoms with E-state index in [2.05, 4.69) is 5.32 Å². The summed E-state index contributed by atoms with van der Waals surface area (Å²) in [4.78, 5) is 35.2. The number of hydrogen-bond acceptors (Lipinski definition) is 6. The van der Waals surface area contributed by atoms with Crippen LogP contribution in [0.2, 0.25) is 0 Å². The zero-order valence-corrected chi connectivity index (χ0v) is 14.7. The van der Waals surface area contributed by atoms with Gasteiger partial charge in [-0.15, -0.1) is 0 Å². The number of nitrogens with one attached hydrogen (secondary N) is 1. The molecule has 0 unspecified atom stereocenters. The van der Waals surface area contributed by atoms with Crippen molar-refractivity contribution in [2.75, 3.05) is 23.3 Å². The first-order valence-corrected chi connectivity index (χ1v) is 8.60. The Morgan fingerprint density at radius 3 is 2.39 bits per heavy atom. The quantitative estimate of drug-likeness (QED) is 0.618. The van der Waals surface area contributed by atoms with Gasteiger partial charge in [0.15, 0.2) is 0 Å². The lowest BCUT2D eigenvalue weighted by Crippen LogP contribution is -2.38. The Labute approximate surface area is 159 Å². The molecular formula is C18H17FN4O5. The van der Waals surface area contributed by atoms with E-state index >= 15 is 0 Å². The van der Waals surface area contributed by atoms with Crippen molar-refractivity contribution in [3.8, 4) is 0 Å². The molecule has 0 aliphatic carbocycles. The topological polar surface area (TPSA) is 119 Å². The SMILES string of the molecule is O=C(Nc1cc([N+](=O)[O-])ccc1F)C1CCN(c2ccccc2[N+](=O)[O-])CC1. The van der Waals surface area contributed by atoms with Crippen LogP contribution in [-0.2, 0) is 4.79 Å². The molecule has 2 aromatic carbocycles. The van der Waals surface area contributed by atoms with Gasteiger partial charge in [-0.1, -0.05) is 12.1 Å². The number of rotatable bonds is 5. The number of anilines is 2. The summed E-state index contributed by atoms with van der Waals surface area (Å²) < 4.78 is 13.9. The van der Waals surface area contributed by atoms with E-state index in [1.165, 1.54) is 6.07 Å². The van der Waals surface area contributed by atoms with E-state index in [0.717, 1.165) is 18.2 Å². The minimum absolute atomic E-state index is 0.00377. The average molecular weight is 388 g/mol. The first kappa shape index (κ1) is 19.2. The van der Waals surface area contributed by atoms with E-state index in [4.69, 9.17) is 0 Å². The van der Waals surface area contributed by atoms with E-state index in [1.807, 2.05) is 4.90 Å². The number of nitro groups is 2. The van der Waals surface area contributed by atoms with Crippen molar-refractivity contribution < 1.29 is 19.0 Å². The first-order chi connectivity index (χ1) is 13.4. The van der Waals surface area contributed by atoms with Crippen LogP contribution in [0.25, 0.3) is 0 Å². The van der Waals surface area contributed by atoms with Crippen molar-refractivity contribution >= 4 is 28.7 Å². The van der Waals surface area contributed by atoms with E-state index in [0.29, 0.717) is 31.6 Å². The second-order valence-electron chi connectivity index (χ2n) is 6.42. The molecule has 146 valence electrons. The highest BCUT2D eigenvalue weighted by Gasteiger charge is 2.28. The third-order valence-corrected chi connectivity index (χ3v) is 4.70. The van der Waals surface area contributed by atoms with Gasteiger partial charge in [0.25, 0.3) is 11.4 Å². The molecule has 28 heavy (non-hydrogen) atoms. The van der Waals surface area contributed by atoms with Gasteiger partial charge in [0, 0.05) is 37.2 Å². The summed E-state index contributed by atoms with van der Waals surface area (Å²) in [5, 5.41) is 24.4. The summed E-state index contributed by atoms with van der Waals surface area (Å²) in [6.45, 7) is 0.862. The Balaban J connectivity index is 1.66. The number of nitrogens with zero attached hydrogens (tertiary/aromatic N) is 3. The predicted molar refractivity (Wildman–Crippen MR) is 99.7 cm³/mol. The van der Waals surface area contributed by atoms with Crippen LogP contribution < -0.4 is 10.2 Å². The smallest absolute Gasteiger partial charge is 0.292 e. The van der Waals surface area contributed by atoms with Gasteiger partial charge in [-0.2, -0.15) is 0 Å². The molecule has 1 aliphatic rings. The molecular weight excluding hydrogens is 371 g/mol. The van der Waals surface area contributed by atoms with Gasteiger partial charge in [0.1, 0.15) is 11.5 Å². The number of halogens is 1. The van der Waals surface area contributed by atoms with Crippen molar-refractivity contribution in [1.29, 1.82) is 0 Å². The minimum atomic E-state index is -0.753. The molecule has 2 aromatic rings. The number of hydrogen-bond donors (Lipinski definition) is 1. The van der Waals surface area contributed by atoms with Crippen molar-refractivity contribution in [2.45, 2.75) is 12.8 Å². The highest BCUT2D eigenvalue weighted by atomic mass is 19.1. The molecule has 0 atom stereocenters. The number of nitro benzene ring substituents is 2. The molecule has 3 rings (SSSR count). The number of para-hydroxylation sites is 2. The zero-order valence-electron chi connectivity index (χ0n) is 14.7. The van der Waals surface area contributed by atoms with Gasteiger partial charge in [-0.25, -0.2) is 4.39 Å². The lowest BCUT2D eigenvalue weighted by atomic mass is 9.95. The second-order valence-corrected chi connectivity index (χ2v) is 6.42. The van der Waals surface area contributed by atoms with Gasteiger partial charge in [-0.05, 0) is 25.0 Å². The number of carbonyl (C=O) groups is 1. The van der Waals surface area contributed by atoms with Crippen LogP contribution in [0.5, 0.6) is 0 Å². The Bertz CT molecular complexity index is 928. The number of benzene rings is 2. The summed E-state index contributed by atoms with van der Waals surface area (Å²) in [7, 11) is 0. The Morgan fingerprint density at radius 1 is 1.07 bits per heavy atom. The molecule has 1 amide bonds. The van der Waals surface area contributed by atoms with Crippen LogP contribution in [0.1, 0.15) is 12.8 Å². The standard InChI is InChI=1S/C18H17FN4O5/c19-14-6-5-13(22(25)26)11-15(14)20-18(24)12-7-9-21(10-8-12)16-3-1-2-4-17(16)23(27)28/h1-6,11-12H,7-10H2,(H,20,24). The monoisotopic (exact) mass is 388 g/mol. The molecule has 9 nitrogen and oxygen atoms in total. The highest BCUT2D eigenvalue weighted by molar-refractivity contribution is 5.93. The zero-order chi connectivity index (χ0) is 20.3. The Morgan fingerprint density at radius 2 is 1.75 bits per heavy atom. The molecule has 10 heteroatoms. The number of amides is 1. The van der Waals surface area contributed by atoms with Gasteiger partial charge >= 0.3 is 0 Å². The molecule has 1 N–H and O–H groups in total. The van der Waals surface area contributed by atoms with Gasteiger partial charge in [0.2, 0.25) is 5.91 Å². The summed E-state index contributed by atoms with van der Waals surface area (Å²) >= 11 is 0. The average Bonchev–Trinajstić information content (AvgIpc) is 2.69. The van der Waals surface area contributed by atoms with E-state index < -0.39 is 27.5 Å². The summed E-state index contributed by atoms with van der Waals surface area (Å²) in [5.41, 5.74) is -0.0524. The molecule has 0 spiro atoms. The maximum absolute atomic E-state index is 13.9. The van der Waals surface area contributed by atoms with E-state index in [9.17, 15) is 29.4 Å². The van der Waals surface area contributed by atoms with Crippen LogP contribution >= 0.6 is 0 Å². The second kappa shape index (κ2) is 7.99. The van der Waals surface area contributed by atoms with E-state index in [1.54, 1.807) is 18.2 Å². The Hall–Kier alpha value is -3.56. The van der Waals surface area contributed by atoms with Crippen LogP contribution in [0, 0.1) is 32.0 Å². The minimum Gasteiger partial charge on any atom is -0.366 e. The van der Waals surface area contributed by atoms with E-state index in [-0.39, 0.29) is 17.1 Å². The Kier molecular flexibility index (Phi) is 5.48. The third-order valence-electron chi connectivity index (χ3n) is 4.70. The summed E-state index contributed by atoms with van der Waals surface area (Å²) in [6, 6.07) is 9.34. The number of non-ortho nitro benzene ring substituents is 1. The predicted octanol–water partition coefficient (Wildman–Crippen LogP) is 3.50. The maximum Gasteiger partial charge on any atom is 0.292 e. The largest absolute Gasteiger partial charge is 0.366 e. The fraction of sp³-hybridized carbons (Fsp3) is 0.278. The maximum atomic E-state index is 13.9. The normalized spacial score (nSPS) is 14.5. The highest BCUT2D eigenvalue weighted by Crippen LogP contribution is 2.31. The third kappa shape index (κ3) is 4.05. The van der Waals surface area contributed by atoms with Gasteiger partial charge in [-0.3, -0.25) is 25.0 Å². The summed E-state index contributed by atoms with van der Waals surface area (Å²) in [5.74, 6) is -1.60. The molecule has 0 bridgehead atoms. The van der Waals surface area contributed by atoms with Crippen LogP contribution in [0.4, 0.5) is 27.1 Å². The molecule has 0 radical (unpaired) electrons. The number of carbonyl (C=O) groups excluding carboxylic acids is 1. The molecule has 1 fully saturated rings. The fourth-order valence-corrected chi connectivity index (χ4v) is 3.23. The molecule has 1 heterocycles. The van der Waals surface area contributed by atoms with Crippen molar-refractivity contribution in [3.63, 3.8) is 0 Å². The van der Waals surface area contributed by atoms with Crippen LogP contribution in [0.3, 0.4) is 0 Å². The first-order valence-electron chi connectivity index (χ1n) is 8.60. The lowest BCUT2D eigenvalue weighted by molar-refractivity contribution is -0.384. The lowest BCUT2D eigenvalue weighted by Gasteiger charge is -2.32. The van der Waals surface area contributed by atoms with Crippen molar-refractivity contribution in [2.24, 2.45) is 5.92 Å². The summed E-state index contributed by atoms with van der Waals surface area (Å²) in [6.07, 6.45) is 0.850. The molecule has 0 aromatic heterocycles. The van der Waals surface area contributed by atoms with Gasteiger partial charge < -0.3 is 10.2 Å². The molecule has 0 saturated carbocycles. The van der Waals surface area contributed by atoms with Gasteiger partial charge in [0.05, 0.1) is 15.5 Å². The van der Waals surface area contributed by atoms with Crippen molar-refractivity contribution in [1.82, 2.24) is 0 Å². The van der Waals surface area contributed by atoms with Crippen molar-refractivity contribution in [3.05, 3.63) is 68.5 Å².